The first kappa shape index (κ1) is 9.41. The van der Waals surface area contributed by atoms with Crippen LogP contribution in [0.25, 0.3) is 11.3 Å². The van der Waals surface area contributed by atoms with E-state index in [2.05, 4.69) is 39.1 Å². The first-order valence-corrected chi connectivity index (χ1v) is 5.23. The molecule has 0 aliphatic rings. The van der Waals surface area contributed by atoms with Gasteiger partial charge in [0.1, 0.15) is 0 Å². The number of rotatable bonds is 1. The van der Waals surface area contributed by atoms with E-state index >= 15 is 0 Å². The molecule has 0 aliphatic heterocycles. The van der Waals surface area contributed by atoms with Crippen LogP contribution in [0.3, 0.4) is 0 Å². The van der Waals surface area contributed by atoms with E-state index in [-0.39, 0.29) is 0 Å². The van der Waals surface area contributed by atoms with Crippen molar-refractivity contribution in [3.63, 3.8) is 0 Å². The van der Waals surface area contributed by atoms with Crippen LogP contribution in [0.4, 0.5) is 0 Å². The van der Waals surface area contributed by atoms with Gasteiger partial charge in [-0.15, -0.1) is 0 Å². The Bertz CT molecular complexity index is 434. The van der Waals surface area contributed by atoms with Gasteiger partial charge in [0, 0.05) is 16.2 Å². The molecule has 0 radical (unpaired) electrons. The number of benzene rings is 1. The summed E-state index contributed by atoms with van der Waals surface area (Å²) in [5.74, 6) is 0. The van der Waals surface area contributed by atoms with E-state index in [1.165, 1.54) is 5.56 Å². The smallest absolute Gasteiger partial charge is 0.0702 e. The summed E-state index contributed by atoms with van der Waals surface area (Å²) in [6.45, 7) is 2.04. The van der Waals surface area contributed by atoms with Gasteiger partial charge in [-0.1, -0.05) is 34.1 Å². The molecule has 2 aromatic rings. The topological polar surface area (TPSA) is 12.9 Å². The Balaban J connectivity index is 2.44. The lowest BCUT2D eigenvalue weighted by Crippen LogP contribution is -1.83. The fourth-order valence-electron chi connectivity index (χ4n) is 1.29. The molecule has 0 saturated carbocycles. The number of hydrogen-bond acceptors (Lipinski definition) is 1. The molecule has 70 valence electrons. The van der Waals surface area contributed by atoms with Crippen LogP contribution in [-0.2, 0) is 0 Å². The van der Waals surface area contributed by atoms with E-state index in [1.807, 2.05) is 31.3 Å². The number of aryl methyl sites for hydroxylation is 1. The Kier molecular flexibility index (Phi) is 2.64. The monoisotopic (exact) mass is 247 g/mol. The predicted molar refractivity (Wildman–Crippen MR) is 62.1 cm³/mol. The maximum Gasteiger partial charge on any atom is 0.0702 e. The van der Waals surface area contributed by atoms with Gasteiger partial charge in [-0.3, -0.25) is 4.98 Å². The summed E-state index contributed by atoms with van der Waals surface area (Å²) in [6.07, 6.45) is 1.89. The minimum Gasteiger partial charge on any atom is -0.256 e. The third-order valence-electron chi connectivity index (χ3n) is 2.03. The van der Waals surface area contributed by atoms with E-state index in [0.29, 0.717) is 0 Å². The molecule has 14 heavy (non-hydrogen) atoms. The third kappa shape index (κ3) is 2.02. The average molecular weight is 248 g/mol. The molecule has 1 aromatic carbocycles. The molecule has 1 heterocycles. The molecule has 0 aliphatic carbocycles. The van der Waals surface area contributed by atoms with Gasteiger partial charge in [0.2, 0.25) is 0 Å². The Hall–Kier alpha value is -1.15. The van der Waals surface area contributed by atoms with E-state index in [0.717, 1.165) is 15.7 Å². The summed E-state index contributed by atoms with van der Waals surface area (Å²) in [4.78, 5) is 4.37. The summed E-state index contributed by atoms with van der Waals surface area (Å²) < 4.78 is 1.08. The zero-order chi connectivity index (χ0) is 9.97. The van der Waals surface area contributed by atoms with Crippen molar-refractivity contribution < 1.29 is 0 Å². The molecule has 0 bridgehead atoms. The molecular formula is C12H10BrN. The van der Waals surface area contributed by atoms with Crippen LogP contribution in [0, 0.1) is 6.92 Å². The molecule has 0 unspecified atom stereocenters. The maximum absolute atomic E-state index is 4.37. The summed E-state index contributed by atoms with van der Waals surface area (Å²) in [5.41, 5.74) is 3.33. The molecule has 0 spiro atoms. The van der Waals surface area contributed by atoms with Gasteiger partial charge < -0.3 is 0 Å². The van der Waals surface area contributed by atoms with Gasteiger partial charge >= 0.3 is 0 Å². The van der Waals surface area contributed by atoms with Crippen molar-refractivity contribution in [3.05, 3.63) is 52.6 Å². The first-order valence-electron chi connectivity index (χ1n) is 4.44. The second kappa shape index (κ2) is 3.93. The average Bonchev–Trinajstić information content (AvgIpc) is 2.19. The van der Waals surface area contributed by atoms with Gasteiger partial charge in [-0.05, 0) is 30.7 Å². The standard InChI is InChI=1S/C12H10BrN/c1-9-5-6-12(14-8-9)10-3-2-4-11(13)7-10/h2-8H,1H3. The highest BCUT2D eigenvalue weighted by molar-refractivity contribution is 9.10. The van der Waals surface area contributed by atoms with Crippen molar-refractivity contribution in [1.29, 1.82) is 0 Å². The number of aromatic nitrogens is 1. The van der Waals surface area contributed by atoms with Gasteiger partial charge in [0.05, 0.1) is 5.69 Å². The minimum atomic E-state index is 1.01. The summed E-state index contributed by atoms with van der Waals surface area (Å²) in [6, 6.07) is 12.3. The van der Waals surface area contributed by atoms with E-state index in [4.69, 9.17) is 0 Å². The Morgan fingerprint density at radius 1 is 1.14 bits per heavy atom. The maximum atomic E-state index is 4.37. The van der Waals surface area contributed by atoms with Crippen molar-refractivity contribution >= 4 is 15.9 Å². The summed E-state index contributed by atoms with van der Waals surface area (Å²) in [5, 5.41) is 0. The molecule has 2 heteroatoms. The van der Waals surface area contributed by atoms with E-state index in [1.54, 1.807) is 0 Å². The SMILES string of the molecule is Cc1ccc(-c2cccc(Br)c2)nc1. The molecule has 2 rings (SSSR count). The fraction of sp³-hybridized carbons (Fsp3) is 0.0833. The third-order valence-corrected chi connectivity index (χ3v) is 2.52. The molecule has 0 N–H and O–H groups in total. The van der Waals surface area contributed by atoms with E-state index in [9.17, 15) is 0 Å². The van der Waals surface area contributed by atoms with Crippen molar-refractivity contribution in [1.82, 2.24) is 4.98 Å². The Morgan fingerprint density at radius 2 is 2.00 bits per heavy atom. The van der Waals surface area contributed by atoms with Crippen molar-refractivity contribution in [2.75, 3.05) is 0 Å². The number of pyridine rings is 1. The van der Waals surface area contributed by atoms with Crippen LogP contribution >= 0.6 is 15.9 Å². The van der Waals surface area contributed by atoms with Crippen LogP contribution in [-0.4, -0.2) is 4.98 Å². The predicted octanol–water partition coefficient (Wildman–Crippen LogP) is 3.82. The minimum absolute atomic E-state index is 1.01. The lowest BCUT2D eigenvalue weighted by atomic mass is 10.1. The molecule has 0 atom stereocenters. The number of hydrogen-bond donors (Lipinski definition) is 0. The van der Waals surface area contributed by atoms with Gasteiger partial charge in [-0.2, -0.15) is 0 Å². The zero-order valence-electron chi connectivity index (χ0n) is 7.87. The van der Waals surface area contributed by atoms with Crippen LogP contribution in [0.1, 0.15) is 5.56 Å². The zero-order valence-corrected chi connectivity index (χ0v) is 9.45. The normalized spacial score (nSPS) is 10.1. The highest BCUT2D eigenvalue weighted by atomic mass is 79.9. The summed E-state index contributed by atoms with van der Waals surface area (Å²) in [7, 11) is 0. The largest absolute Gasteiger partial charge is 0.256 e. The van der Waals surface area contributed by atoms with Gasteiger partial charge in [0.25, 0.3) is 0 Å². The summed E-state index contributed by atoms with van der Waals surface area (Å²) >= 11 is 3.45. The second-order valence-electron chi connectivity index (χ2n) is 3.23. The second-order valence-corrected chi connectivity index (χ2v) is 4.15. The number of halogens is 1. The molecular weight excluding hydrogens is 238 g/mol. The highest BCUT2D eigenvalue weighted by Crippen LogP contribution is 2.20. The van der Waals surface area contributed by atoms with Crippen LogP contribution in [0.5, 0.6) is 0 Å². The highest BCUT2D eigenvalue weighted by Gasteiger charge is 1.98. The first-order chi connectivity index (χ1) is 6.75. The molecule has 1 nitrogen and oxygen atoms in total. The van der Waals surface area contributed by atoms with Crippen LogP contribution in [0.15, 0.2) is 47.1 Å². The van der Waals surface area contributed by atoms with Gasteiger partial charge in [0.15, 0.2) is 0 Å². The molecule has 0 amide bonds. The molecule has 0 fully saturated rings. The Morgan fingerprint density at radius 3 is 2.64 bits per heavy atom. The van der Waals surface area contributed by atoms with Crippen LogP contribution < -0.4 is 0 Å². The quantitative estimate of drug-likeness (QED) is 0.747. The Labute approximate surface area is 91.9 Å². The van der Waals surface area contributed by atoms with Crippen molar-refractivity contribution in [3.8, 4) is 11.3 Å². The van der Waals surface area contributed by atoms with Gasteiger partial charge in [-0.25, -0.2) is 0 Å². The number of nitrogens with zero attached hydrogens (tertiary/aromatic N) is 1. The fourth-order valence-corrected chi connectivity index (χ4v) is 1.69. The van der Waals surface area contributed by atoms with E-state index < -0.39 is 0 Å². The van der Waals surface area contributed by atoms with Crippen molar-refractivity contribution in [2.45, 2.75) is 6.92 Å². The molecule has 0 saturated heterocycles. The lowest BCUT2D eigenvalue weighted by Gasteiger charge is -2.01. The molecule has 1 aromatic heterocycles. The lowest BCUT2D eigenvalue weighted by molar-refractivity contribution is 1.27. The van der Waals surface area contributed by atoms with Crippen molar-refractivity contribution in [2.24, 2.45) is 0 Å². The van der Waals surface area contributed by atoms with Crippen LogP contribution in [0.2, 0.25) is 0 Å².